The lowest BCUT2D eigenvalue weighted by atomic mass is 10.3. The second kappa shape index (κ2) is 9.16. The van der Waals surface area contributed by atoms with E-state index in [2.05, 4.69) is 17.8 Å². The van der Waals surface area contributed by atoms with Gasteiger partial charge in [-0.2, -0.15) is 64.8 Å². The molecule has 0 saturated carbocycles. The molecule has 1 aromatic heterocycles. The molecule has 1 heterocycles. The number of rotatable bonds is 7. The number of methoxy groups -OCH3 is 2. The van der Waals surface area contributed by atoms with Gasteiger partial charge < -0.3 is 17.8 Å². The van der Waals surface area contributed by atoms with Crippen molar-refractivity contribution in [2.24, 2.45) is 0 Å². The first-order valence-corrected chi connectivity index (χ1v) is 11.8. The molecule has 0 fully saturated rings. The summed E-state index contributed by atoms with van der Waals surface area (Å²) in [6.45, 7) is 0. The molecule has 208 valence electrons. The molecule has 1 aromatic rings. The molecule has 0 spiro atoms. The third kappa shape index (κ3) is 5.40. The van der Waals surface area contributed by atoms with Crippen LogP contribution >= 0.6 is 0 Å². The summed E-state index contributed by atoms with van der Waals surface area (Å²) in [6.07, 6.45) is 0. The van der Waals surface area contributed by atoms with E-state index in [9.17, 15) is 74.4 Å². The van der Waals surface area contributed by atoms with Crippen molar-refractivity contribution in [3.63, 3.8) is 0 Å². The Hall–Kier alpha value is -2.96. The number of nitrogens with zero attached hydrogens (tertiary/aromatic N) is 1. The zero-order valence-corrected chi connectivity index (χ0v) is 18.9. The summed E-state index contributed by atoms with van der Waals surface area (Å²) < 4.78 is 198. The van der Waals surface area contributed by atoms with E-state index in [0.717, 1.165) is 0 Å². The predicted octanol–water partition coefficient (Wildman–Crippen LogP) is 1.22. The maximum absolute atomic E-state index is 13.2. The van der Waals surface area contributed by atoms with Crippen molar-refractivity contribution in [3.05, 3.63) is 11.4 Å². The van der Waals surface area contributed by atoms with Crippen LogP contribution in [-0.4, -0.2) is 71.9 Å². The van der Waals surface area contributed by atoms with E-state index in [0.29, 0.717) is 0 Å². The molecule has 13 nitrogen and oxygen atoms in total. The van der Waals surface area contributed by atoms with Gasteiger partial charge in [0, 0.05) is 0 Å². The van der Waals surface area contributed by atoms with Crippen LogP contribution in [0.4, 0.5) is 39.5 Å². The molecule has 0 aliphatic carbocycles. The van der Waals surface area contributed by atoms with Crippen molar-refractivity contribution in [2.45, 2.75) is 16.5 Å². The number of hydrogen-bond acceptors (Lipinski definition) is 12. The van der Waals surface area contributed by atoms with Gasteiger partial charge in [0.25, 0.3) is 0 Å². The number of esters is 2. The summed E-state index contributed by atoms with van der Waals surface area (Å²) >= 11 is 0. The van der Waals surface area contributed by atoms with Gasteiger partial charge in [-0.15, -0.1) is 0 Å². The van der Waals surface area contributed by atoms with Crippen LogP contribution in [0.3, 0.4) is 0 Å². The van der Waals surface area contributed by atoms with Gasteiger partial charge in [-0.25, -0.2) is 13.6 Å². The molecular weight excluding hydrogens is 605 g/mol. The first kappa shape index (κ1) is 31.1. The van der Waals surface area contributed by atoms with E-state index in [4.69, 9.17) is 0 Å². The van der Waals surface area contributed by atoms with E-state index in [-0.39, 0.29) is 14.2 Å². The smallest absolute Gasteiger partial charge is 0.464 e. The topological polar surface area (TPSA) is 178 Å². The molecule has 0 radical (unpaired) electrons. The SMILES string of the molecule is COC(=O)c1c(OS(=O)(=O)C(F)(F)F)c(OS(=O)(=O)C(F)(F)F)c(C(=O)OC)n1S(=O)(=O)C(F)(F)F. The highest BCUT2D eigenvalue weighted by molar-refractivity contribution is 7.91. The second-order valence-corrected chi connectivity index (χ2v) is 10.4. The van der Waals surface area contributed by atoms with Gasteiger partial charge in [0.2, 0.25) is 11.5 Å². The number of halogens is 9. The van der Waals surface area contributed by atoms with Crippen LogP contribution in [0.25, 0.3) is 0 Å². The maximum atomic E-state index is 13.2. The van der Waals surface area contributed by atoms with Gasteiger partial charge in [-0.05, 0) is 0 Å². The summed E-state index contributed by atoms with van der Waals surface area (Å²) in [4.78, 5) is 24.0. The fourth-order valence-electron chi connectivity index (χ4n) is 1.87. The van der Waals surface area contributed by atoms with Crippen molar-refractivity contribution >= 4 is 42.2 Å². The minimum atomic E-state index is -7.33. The van der Waals surface area contributed by atoms with Crippen molar-refractivity contribution in [2.75, 3.05) is 14.2 Å². The van der Waals surface area contributed by atoms with Crippen LogP contribution in [0.5, 0.6) is 11.5 Å². The molecule has 0 N–H and O–H groups in total. The predicted molar refractivity (Wildman–Crippen MR) is 88.7 cm³/mol. The van der Waals surface area contributed by atoms with Crippen LogP contribution in [-0.2, 0) is 39.7 Å². The quantitative estimate of drug-likeness (QED) is 0.187. The van der Waals surface area contributed by atoms with E-state index in [1.165, 1.54) is 0 Å². The summed E-state index contributed by atoms with van der Waals surface area (Å²) in [6, 6.07) is 0. The summed E-state index contributed by atoms with van der Waals surface area (Å²) in [7, 11) is -21.5. The second-order valence-electron chi connectivity index (χ2n) is 5.52. The molecule has 1 rings (SSSR count). The van der Waals surface area contributed by atoms with Crippen molar-refractivity contribution in [1.82, 2.24) is 3.97 Å². The number of ether oxygens (including phenoxy) is 2. The van der Waals surface area contributed by atoms with E-state index < -0.39 is 85.6 Å². The summed E-state index contributed by atoms with van der Waals surface area (Å²) in [5, 5.41) is 0. The van der Waals surface area contributed by atoms with E-state index >= 15 is 0 Å². The van der Waals surface area contributed by atoms with Crippen LogP contribution in [0.2, 0.25) is 0 Å². The largest absolute Gasteiger partial charge is 0.534 e. The normalized spacial score (nSPS) is 13.8. The average molecular weight is 611 g/mol. The fourth-order valence-corrected chi connectivity index (χ4v) is 3.81. The Labute approximate surface area is 192 Å². The number of carbonyl (C=O) groups is 2. The monoisotopic (exact) mass is 611 g/mol. The molecule has 0 aliphatic heterocycles. The number of alkyl halides is 9. The number of carbonyl (C=O) groups excluding carboxylic acids is 2. The average Bonchev–Trinajstić information content (AvgIpc) is 2.97. The van der Waals surface area contributed by atoms with Crippen LogP contribution in [0, 0.1) is 0 Å². The Balaban J connectivity index is 4.57. The van der Waals surface area contributed by atoms with Crippen molar-refractivity contribution in [1.29, 1.82) is 0 Å². The fraction of sp³-hybridized carbons (Fsp3) is 0.455. The van der Waals surface area contributed by atoms with Gasteiger partial charge >= 0.3 is 58.7 Å². The Bertz CT molecular complexity index is 1300. The lowest BCUT2D eigenvalue weighted by molar-refractivity contribution is -0.0513. The molecule has 0 aliphatic rings. The highest BCUT2D eigenvalue weighted by Gasteiger charge is 2.57. The zero-order chi connectivity index (χ0) is 28.9. The maximum Gasteiger partial charge on any atom is 0.534 e. The van der Waals surface area contributed by atoms with Gasteiger partial charge in [0.05, 0.1) is 14.2 Å². The molecule has 0 aromatic carbocycles. The molecule has 0 atom stereocenters. The summed E-state index contributed by atoms with van der Waals surface area (Å²) in [5.41, 5.74) is -25.2. The van der Waals surface area contributed by atoms with Crippen LogP contribution in [0.15, 0.2) is 0 Å². The van der Waals surface area contributed by atoms with E-state index in [1.54, 1.807) is 0 Å². The first-order valence-electron chi connectivity index (χ1n) is 7.57. The highest BCUT2D eigenvalue weighted by atomic mass is 32.2. The Kier molecular flexibility index (Phi) is 7.91. The molecule has 25 heteroatoms. The Morgan fingerprint density at radius 2 is 0.889 bits per heavy atom. The summed E-state index contributed by atoms with van der Waals surface area (Å²) in [5.74, 6) is -11.0. The van der Waals surface area contributed by atoms with Gasteiger partial charge in [-0.3, -0.25) is 0 Å². The molecule has 0 bridgehead atoms. The zero-order valence-electron chi connectivity index (χ0n) is 16.5. The van der Waals surface area contributed by atoms with Gasteiger partial charge in [-0.1, -0.05) is 0 Å². The minimum Gasteiger partial charge on any atom is -0.464 e. The highest BCUT2D eigenvalue weighted by Crippen LogP contribution is 2.46. The molecule has 0 amide bonds. The minimum absolute atomic E-state index is 0.173. The van der Waals surface area contributed by atoms with Crippen molar-refractivity contribution in [3.8, 4) is 11.5 Å². The molecular formula is C11H6F9NO12S3. The number of hydrogen-bond donors (Lipinski definition) is 0. The van der Waals surface area contributed by atoms with Crippen LogP contribution in [0.1, 0.15) is 21.0 Å². The van der Waals surface area contributed by atoms with Crippen molar-refractivity contribution < 1.29 is 92.2 Å². The van der Waals surface area contributed by atoms with Gasteiger partial charge in [0.15, 0.2) is 11.4 Å². The molecule has 0 unspecified atom stereocenters. The van der Waals surface area contributed by atoms with E-state index in [1.807, 2.05) is 0 Å². The third-order valence-corrected chi connectivity index (χ3v) is 6.62. The lowest BCUT2D eigenvalue weighted by Crippen LogP contribution is -2.35. The third-order valence-electron chi connectivity index (χ3n) is 3.29. The lowest BCUT2D eigenvalue weighted by Gasteiger charge is -2.14. The van der Waals surface area contributed by atoms with Crippen LogP contribution < -0.4 is 8.37 Å². The first-order chi connectivity index (χ1) is 15.8. The number of aromatic nitrogens is 1. The molecule has 36 heavy (non-hydrogen) atoms. The Morgan fingerprint density at radius 3 is 1.08 bits per heavy atom. The molecule has 0 saturated heterocycles. The Morgan fingerprint density at radius 1 is 0.611 bits per heavy atom. The van der Waals surface area contributed by atoms with Gasteiger partial charge in [0.1, 0.15) is 0 Å². The standard InChI is InChI=1S/C11H6F9NO12S3/c1-30-7(22)3-5(32-35(26,27)10(15,16)17)6(33-36(28,29)11(18,19)20)4(8(23)31-2)21(3)34(24,25)9(12,13)14/h1-2H3.